The second kappa shape index (κ2) is 4.61. The molecule has 1 aromatic carbocycles. The number of nitrogens with one attached hydrogen (secondary N) is 1. The van der Waals surface area contributed by atoms with Gasteiger partial charge in [-0.25, -0.2) is 0 Å². The van der Waals surface area contributed by atoms with E-state index in [9.17, 15) is 0 Å². The van der Waals surface area contributed by atoms with Crippen LogP contribution in [0.3, 0.4) is 0 Å². The van der Waals surface area contributed by atoms with Gasteiger partial charge in [-0.05, 0) is 40.8 Å². The highest BCUT2D eigenvalue weighted by atomic mass is 127. The second-order valence-corrected chi connectivity index (χ2v) is 5.46. The Morgan fingerprint density at radius 1 is 1.50 bits per heavy atom. The highest BCUT2D eigenvalue weighted by Gasteiger charge is 2.18. The Kier molecular flexibility index (Phi) is 3.43. The van der Waals surface area contributed by atoms with Crippen molar-refractivity contribution in [3.8, 4) is 5.75 Å². The minimum Gasteiger partial charge on any atom is -0.497 e. The molecular formula is C10H12INOS. The van der Waals surface area contributed by atoms with Crippen molar-refractivity contribution in [1.29, 1.82) is 0 Å². The maximum Gasteiger partial charge on any atom is 0.120 e. The number of hydrogen-bond acceptors (Lipinski definition) is 3. The van der Waals surface area contributed by atoms with Crippen LogP contribution in [0.15, 0.2) is 18.2 Å². The predicted octanol–water partition coefficient (Wildman–Crippen LogP) is 2.83. The summed E-state index contributed by atoms with van der Waals surface area (Å²) in [7, 11) is 1.70. The smallest absolute Gasteiger partial charge is 0.120 e. The number of anilines is 1. The van der Waals surface area contributed by atoms with Crippen molar-refractivity contribution >= 4 is 40.0 Å². The second-order valence-electron chi connectivity index (χ2n) is 3.22. The van der Waals surface area contributed by atoms with Gasteiger partial charge in [-0.2, -0.15) is 11.8 Å². The van der Waals surface area contributed by atoms with E-state index >= 15 is 0 Å². The van der Waals surface area contributed by atoms with Crippen LogP contribution in [-0.4, -0.2) is 24.7 Å². The normalized spacial score (nSPS) is 16.1. The number of rotatable bonds is 3. The molecule has 14 heavy (non-hydrogen) atoms. The van der Waals surface area contributed by atoms with Gasteiger partial charge in [0.05, 0.1) is 7.11 Å². The first-order chi connectivity index (χ1) is 6.79. The molecule has 4 heteroatoms. The molecule has 76 valence electrons. The number of thioether (sulfide) groups is 1. The van der Waals surface area contributed by atoms with Gasteiger partial charge in [0.1, 0.15) is 5.75 Å². The zero-order chi connectivity index (χ0) is 9.97. The van der Waals surface area contributed by atoms with E-state index in [1.165, 1.54) is 20.8 Å². The molecule has 0 aliphatic carbocycles. The standard InChI is InChI=1S/C10H12INOS/c1-13-8-2-3-10(9(11)4-8)12-7-5-14-6-7/h2-4,7,12H,5-6H2,1H3. The lowest BCUT2D eigenvalue weighted by atomic mass is 10.2. The van der Waals surface area contributed by atoms with Crippen LogP contribution >= 0.6 is 34.4 Å². The Balaban J connectivity index is 2.09. The van der Waals surface area contributed by atoms with E-state index in [0.29, 0.717) is 6.04 Å². The van der Waals surface area contributed by atoms with Crippen molar-refractivity contribution in [3.05, 3.63) is 21.8 Å². The Morgan fingerprint density at radius 3 is 2.79 bits per heavy atom. The van der Waals surface area contributed by atoms with Gasteiger partial charge in [0.25, 0.3) is 0 Å². The van der Waals surface area contributed by atoms with Crippen molar-refractivity contribution in [3.63, 3.8) is 0 Å². The first-order valence-electron chi connectivity index (χ1n) is 4.47. The van der Waals surface area contributed by atoms with Crippen LogP contribution in [0, 0.1) is 3.57 Å². The number of hydrogen-bond donors (Lipinski definition) is 1. The summed E-state index contributed by atoms with van der Waals surface area (Å²) < 4.78 is 6.38. The summed E-state index contributed by atoms with van der Waals surface area (Å²) in [5, 5.41) is 3.51. The molecule has 0 unspecified atom stereocenters. The molecule has 1 aliphatic heterocycles. The molecule has 1 saturated heterocycles. The molecule has 1 fully saturated rings. The van der Waals surface area contributed by atoms with Crippen LogP contribution in [0.4, 0.5) is 5.69 Å². The lowest BCUT2D eigenvalue weighted by Gasteiger charge is -2.27. The van der Waals surface area contributed by atoms with Crippen LogP contribution < -0.4 is 10.1 Å². The average Bonchev–Trinajstić information content (AvgIpc) is 2.13. The Morgan fingerprint density at radius 2 is 2.29 bits per heavy atom. The minimum atomic E-state index is 0.655. The van der Waals surface area contributed by atoms with Gasteiger partial charge in [0.15, 0.2) is 0 Å². The molecule has 0 amide bonds. The molecule has 0 atom stereocenters. The first-order valence-corrected chi connectivity index (χ1v) is 6.71. The van der Waals surface area contributed by atoms with Crippen LogP contribution in [0.2, 0.25) is 0 Å². The SMILES string of the molecule is COc1ccc(NC2CSC2)c(I)c1. The van der Waals surface area contributed by atoms with Gasteiger partial charge in [0.2, 0.25) is 0 Å². The van der Waals surface area contributed by atoms with E-state index < -0.39 is 0 Å². The third-order valence-corrected chi connectivity index (χ3v) is 4.34. The zero-order valence-corrected chi connectivity index (χ0v) is 10.9. The summed E-state index contributed by atoms with van der Waals surface area (Å²) in [5.74, 6) is 3.37. The van der Waals surface area contributed by atoms with Crippen LogP contribution in [0.1, 0.15) is 0 Å². The monoisotopic (exact) mass is 321 g/mol. The van der Waals surface area contributed by atoms with Gasteiger partial charge >= 0.3 is 0 Å². The summed E-state index contributed by atoms with van der Waals surface area (Å²) in [6, 6.07) is 6.79. The quantitative estimate of drug-likeness (QED) is 0.865. The summed E-state index contributed by atoms with van der Waals surface area (Å²) in [6.07, 6.45) is 0. The molecule has 0 spiro atoms. The molecule has 2 rings (SSSR count). The van der Waals surface area contributed by atoms with E-state index in [4.69, 9.17) is 4.74 Å². The Bertz CT molecular complexity index is 328. The summed E-state index contributed by atoms with van der Waals surface area (Å²) in [4.78, 5) is 0. The topological polar surface area (TPSA) is 21.3 Å². The molecule has 0 bridgehead atoms. The van der Waals surface area contributed by atoms with Gasteiger partial charge in [-0.1, -0.05) is 0 Å². The first kappa shape index (κ1) is 10.4. The fraction of sp³-hybridized carbons (Fsp3) is 0.400. The van der Waals surface area contributed by atoms with E-state index in [2.05, 4.69) is 40.0 Å². The van der Waals surface area contributed by atoms with Gasteiger partial charge in [0, 0.05) is 26.8 Å². The van der Waals surface area contributed by atoms with Crippen LogP contribution in [0.5, 0.6) is 5.75 Å². The van der Waals surface area contributed by atoms with Crippen LogP contribution in [0.25, 0.3) is 0 Å². The minimum absolute atomic E-state index is 0.655. The van der Waals surface area contributed by atoms with E-state index in [1.807, 2.05) is 17.8 Å². The molecule has 1 N–H and O–H groups in total. The zero-order valence-electron chi connectivity index (χ0n) is 7.92. The van der Waals surface area contributed by atoms with E-state index in [1.54, 1.807) is 7.11 Å². The predicted molar refractivity (Wildman–Crippen MR) is 70.4 cm³/mol. The Labute approximate surface area is 102 Å². The fourth-order valence-corrected chi connectivity index (χ4v) is 2.56. The van der Waals surface area contributed by atoms with Crippen molar-refractivity contribution in [2.24, 2.45) is 0 Å². The molecule has 1 aromatic rings. The lowest BCUT2D eigenvalue weighted by molar-refractivity contribution is 0.414. The van der Waals surface area contributed by atoms with Crippen molar-refractivity contribution in [2.75, 3.05) is 23.9 Å². The molecule has 0 radical (unpaired) electrons. The van der Waals surface area contributed by atoms with Gasteiger partial charge in [-0.3, -0.25) is 0 Å². The molecule has 1 aliphatic rings. The largest absolute Gasteiger partial charge is 0.497 e. The molecule has 0 aromatic heterocycles. The fourth-order valence-electron chi connectivity index (χ4n) is 1.28. The maximum absolute atomic E-state index is 5.16. The van der Waals surface area contributed by atoms with Crippen molar-refractivity contribution < 1.29 is 4.74 Å². The summed E-state index contributed by atoms with van der Waals surface area (Å²) in [5.41, 5.74) is 1.22. The summed E-state index contributed by atoms with van der Waals surface area (Å²) in [6.45, 7) is 0. The third-order valence-electron chi connectivity index (χ3n) is 2.17. The number of halogens is 1. The number of methoxy groups -OCH3 is 1. The van der Waals surface area contributed by atoms with Gasteiger partial charge in [-0.15, -0.1) is 0 Å². The van der Waals surface area contributed by atoms with Crippen molar-refractivity contribution in [2.45, 2.75) is 6.04 Å². The average molecular weight is 321 g/mol. The molecule has 0 saturated carbocycles. The van der Waals surface area contributed by atoms with Gasteiger partial charge < -0.3 is 10.1 Å². The Hall–Kier alpha value is -0.100. The highest BCUT2D eigenvalue weighted by Crippen LogP contribution is 2.27. The van der Waals surface area contributed by atoms with E-state index in [0.717, 1.165) is 5.75 Å². The van der Waals surface area contributed by atoms with E-state index in [-0.39, 0.29) is 0 Å². The molecular weight excluding hydrogens is 309 g/mol. The van der Waals surface area contributed by atoms with Crippen molar-refractivity contribution in [1.82, 2.24) is 0 Å². The molecule has 1 heterocycles. The highest BCUT2D eigenvalue weighted by molar-refractivity contribution is 14.1. The molecule has 2 nitrogen and oxygen atoms in total. The maximum atomic E-state index is 5.16. The number of ether oxygens (including phenoxy) is 1. The lowest BCUT2D eigenvalue weighted by Crippen LogP contribution is -2.33. The van der Waals surface area contributed by atoms with Crippen LogP contribution in [-0.2, 0) is 0 Å². The number of benzene rings is 1. The summed E-state index contributed by atoms with van der Waals surface area (Å²) >= 11 is 4.32. The third kappa shape index (κ3) is 2.28.